The van der Waals surface area contributed by atoms with E-state index in [1.807, 2.05) is 75.4 Å². The lowest BCUT2D eigenvalue weighted by atomic mass is 10.2. The number of carbonyl (C=O) groups is 1. The zero-order valence-corrected chi connectivity index (χ0v) is 15.7. The minimum atomic E-state index is -0.236. The molecule has 1 aromatic heterocycles. The summed E-state index contributed by atoms with van der Waals surface area (Å²) in [7, 11) is 0. The first-order valence-corrected chi connectivity index (χ1v) is 8.87. The number of benzene rings is 2. The second-order valence-electron chi connectivity index (χ2n) is 6.57. The van der Waals surface area contributed by atoms with Gasteiger partial charge in [-0.05, 0) is 69.3 Å². The van der Waals surface area contributed by atoms with E-state index < -0.39 is 0 Å². The molecule has 0 aliphatic carbocycles. The van der Waals surface area contributed by atoms with Crippen LogP contribution in [-0.4, -0.2) is 17.0 Å². The molecule has 0 aliphatic rings. The molecule has 0 spiro atoms. The maximum absolute atomic E-state index is 12.3. The molecule has 0 saturated carbocycles. The van der Waals surface area contributed by atoms with Gasteiger partial charge in [-0.1, -0.05) is 17.7 Å². The van der Waals surface area contributed by atoms with Crippen molar-refractivity contribution in [1.82, 2.24) is 4.98 Å². The number of aromatic nitrogens is 1. The van der Waals surface area contributed by atoms with Crippen LogP contribution in [0.1, 0.15) is 29.9 Å². The number of anilines is 3. The topological polar surface area (TPSA) is 63.2 Å². The molecule has 0 saturated heterocycles. The molecule has 0 atom stereocenters. The SMILES string of the molecule is Cc1ccc(NC(=O)c2ccc(Nc3ccc(OC(C)C)cc3)cn2)cc1. The third-order valence-corrected chi connectivity index (χ3v) is 3.82. The number of nitrogens with one attached hydrogen (secondary N) is 2. The van der Waals surface area contributed by atoms with Crippen LogP contribution in [0.25, 0.3) is 0 Å². The Labute approximate surface area is 159 Å². The third kappa shape index (κ3) is 5.31. The molecule has 0 radical (unpaired) electrons. The maximum Gasteiger partial charge on any atom is 0.274 e. The highest BCUT2D eigenvalue weighted by molar-refractivity contribution is 6.02. The second kappa shape index (κ2) is 8.36. The Morgan fingerprint density at radius 2 is 1.52 bits per heavy atom. The summed E-state index contributed by atoms with van der Waals surface area (Å²) >= 11 is 0. The van der Waals surface area contributed by atoms with E-state index in [0.717, 1.165) is 28.4 Å². The van der Waals surface area contributed by atoms with Crippen LogP contribution in [0.5, 0.6) is 5.75 Å². The highest BCUT2D eigenvalue weighted by Gasteiger charge is 2.08. The summed E-state index contributed by atoms with van der Waals surface area (Å²) in [5.74, 6) is 0.595. The number of hydrogen-bond acceptors (Lipinski definition) is 4. The minimum absolute atomic E-state index is 0.145. The van der Waals surface area contributed by atoms with E-state index in [2.05, 4.69) is 15.6 Å². The predicted octanol–water partition coefficient (Wildman–Crippen LogP) is 5.17. The van der Waals surface area contributed by atoms with E-state index in [1.165, 1.54) is 0 Å². The number of carbonyl (C=O) groups excluding carboxylic acids is 1. The van der Waals surface area contributed by atoms with Crippen LogP contribution in [0.2, 0.25) is 0 Å². The standard InChI is InChI=1S/C22H23N3O2/c1-15(2)27-20-11-8-17(9-12-20)24-19-10-13-21(23-14-19)22(26)25-18-6-4-16(3)5-7-18/h4-15,24H,1-3H3,(H,25,26). The number of aryl methyl sites for hydroxylation is 1. The van der Waals surface area contributed by atoms with E-state index in [-0.39, 0.29) is 12.0 Å². The van der Waals surface area contributed by atoms with Crippen molar-refractivity contribution in [2.75, 3.05) is 10.6 Å². The van der Waals surface area contributed by atoms with Gasteiger partial charge in [-0.15, -0.1) is 0 Å². The lowest BCUT2D eigenvalue weighted by Gasteiger charge is -2.11. The molecule has 5 nitrogen and oxygen atoms in total. The van der Waals surface area contributed by atoms with E-state index in [0.29, 0.717) is 5.69 Å². The van der Waals surface area contributed by atoms with Gasteiger partial charge in [-0.3, -0.25) is 4.79 Å². The Bertz CT molecular complexity index is 886. The summed E-state index contributed by atoms with van der Waals surface area (Å²) in [5.41, 5.74) is 3.98. The van der Waals surface area contributed by atoms with Crippen LogP contribution in [-0.2, 0) is 0 Å². The Kier molecular flexibility index (Phi) is 5.71. The molecule has 3 rings (SSSR count). The van der Waals surface area contributed by atoms with E-state index in [9.17, 15) is 4.79 Å². The Hall–Kier alpha value is -3.34. The Morgan fingerprint density at radius 1 is 0.889 bits per heavy atom. The monoisotopic (exact) mass is 361 g/mol. The van der Waals surface area contributed by atoms with Gasteiger partial charge in [0.2, 0.25) is 0 Å². The van der Waals surface area contributed by atoms with Crippen molar-refractivity contribution in [3.8, 4) is 5.75 Å². The summed E-state index contributed by atoms with van der Waals surface area (Å²) in [5, 5.41) is 6.10. The molecular formula is C22H23N3O2. The predicted molar refractivity (Wildman–Crippen MR) is 109 cm³/mol. The fraction of sp³-hybridized carbons (Fsp3) is 0.182. The van der Waals surface area contributed by atoms with Gasteiger partial charge in [0.15, 0.2) is 0 Å². The van der Waals surface area contributed by atoms with Gasteiger partial charge < -0.3 is 15.4 Å². The van der Waals surface area contributed by atoms with Gasteiger partial charge in [0.05, 0.1) is 18.0 Å². The van der Waals surface area contributed by atoms with Crippen molar-refractivity contribution in [3.63, 3.8) is 0 Å². The molecule has 1 amide bonds. The number of ether oxygens (including phenoxy) is 1. The van der Waals surface area contributed by atoms with Crippen LogP contribution in [0.15, 0.2) is 66.9 Å². The quantitative estimate of drug-likeness (QED) is 0.635. The van der Waals surface area contributed by atoms with Crippen molar-refractivity contribution in [2.24, 2.45) is 0 Å². The zero-order chi connectivity index (χ0) is 19.2. The van der Waals surface area contributed by atoms with Crippen molar-refractivity contribution in [3.05, 3.63) is 78.1 Å². The summed E-state index contributed by atoms with van der Waals surface area (Å²) in [6, 6.07) is 18.9. The molecule has 0 fully saturated rings. The first-order valence-electron chi connectivity index (χ1n) is 8.87. The molecule has 2 aromatic carbocycles. The smallest absolute Gasteiger partial charge is 0.274 e. The zero-order valence-electron chi connectivity index (χ0n) is 15.7. The average Bonchev–Trinajstić information content (AvgIpc) is 2.65. The molecule has 0 bridgehead atoms. The fourth-order valence-electron chi connectivity index (χ4n) is 2.49. The highest BCUT2D eigenvalue weighted by atomic mass is 16.5. The van der Waals surface area contributed by atoms with E-state index >= 15 is 0 Å². The van der Waals surface area contributed by atoms with Crippen LogP contribution >= 0.6 is 0 Å². The summed E-state index contributed by atoms with van der Waals surface area (Å²) < 4.78 is 5.63. The number of pyridine rings is 1. The van der Waals surface area contributed by atoms with Crippen LogP contribution in [0.3, 0.4) is 0 Å². The molecule has 2 N–H and O–H groups in total. The lowest BCUT2D eigenvalue weighted by molar-refractivity contribution is 0.102. The minimum Gasteiger partial charge on any atom is -0.491 e. The summed E-state index contributed by atoms with van der Waals surface area (Å²) in [4.78, 5) is 16.5. The van der Waals surface area contributed by atoms with Gasteiger partial charge in [0.25, 0.3) is 5.91 Å². The number of rotatable bonds is 6. The molecule has 5 heteroatoms. The molecule has 27 heavy (non-hydrogen) atoms. The number of amides is 1. The average molecular weight is 361 g/mol. The summed E-state index contributed by atoms with van der Waals surface area (Å²) in [6.45, 7) is 5.99. The maximum atomic E-state index is 12.3. The Morgan fingerprint density at radius 3 is 2.11 bits per heavy atom. The number of nitrogens with zero attached hydrogens (tertiary/aromatic N) is 1. The number of hydrogen-bond donors (Lipinski definition) is 2. The van der Waals surface area contributed by atoms with Gasteiger partial charge in [0.1, 0.15) is 11.4 Å². The fourth-order valence-corrected chi connectivity index (χ4v) is 2.49. The van der Waals surface area contributed by atoms with Crippen LogP contribution in [0.4, 0.5) is 17.1 Å². The molecule has 1 heterocycles. The largest absolute Gasteiger partial charge is 0.491 e. The summed E-state index contributed by atoms with van der Waals surface area (Å²) in [6.07, 6.45) is 1.79. The highest BCUT2D eigenvalue weighted by Crippen LogP contribution is 2.20. The van der Waals surface area contributed by atoms with Gasteiger partial charge >= 0.3 is 0 Å². The molecule has 0 unspecified atom stereocenters. The first-order chi connectivity index (χ1) is 13.0. The third-order valence-electron chi connectivity index (χ3n) is 3.82. The van der Waals surface area contributed by atoms with Crippen molar-refractivity contribution >= 4 is 23.0 Å². The first kappa shape index (κ1) is 18.5. The van der Waals surface area contributed by atoms with Crippen LogP contribution < -0.4 is 15.4 Å². The van der Waals surface area contributed by atoms with Crippen LogP contribution in [0, 0.1) is 6.92 Å². The van der Waals surface area contributed by atoms with Crippen molar-refractivity contribution in [1.29, 1.82) is 0 Å². The van der Waals surface area contributed by atoms with Gasteiger partial charge in [0, 0.05) is 11.4 Å². The van der Waals surface area contributed by atoms with Gasteiger partial charge in [-0.2, -0.15) is 0 Å². The normalized spacial score (nSPS) is 10.5. The Balaban J connectivity index is 1.61. The van der Waals surface area contributed by atoms with E-state index in [1.54, 1.807) is 12.3 Å². The van der Waals surface area contributed by atoms with Gasteiger partial charge in [-0.25, -0.2) is 4.98 Å². The second-order valence-corrected chi connectivity index (χ2v) is 6.57. The van der Waals surface area contributed by atoms with Crippen molar-refractivity contribution < 1.29 is 9.53 Å². The molecule has 0 aliphatic heterocycles. The molecule has 3 aromatic rings. The molecule has 138 valence electrons. The lowest BCUT2D eigenvalue weighted by Crippen LogP contribution is -2.13. The molecular weight excluding hydrogens is 338 g/mol. The van der Waals surface area contributed by atoms with E-state index in [4.69, 9.17) is 4.74 Å². The van der Waals surface area contributed by atoms with Crippen molar-refractivity contribution in [2.45, 2.75) is 26.9 Å².